The van der Waals surface area contributed by atoms with Crippen LogP contribution in [0.3, 0.4) is 0 Å². The lowest BCUT2D eigenvalue weighted by Crippen LogP contribution is -2.15. The summed E-state index contributed by atoms with van der Waals surface area (Å²) in [6.45, 7) is 8.08. The number of methoxy groups -OCH3 is 1. The number of rotatable bonds is 11. The van der Waals surface area contributed by atoms with E-state index in [9.17, 15) is 0 Å². The predicted molar refractivity (Wildman–Crippen MR) is 81.6 cm³/mol. The van der Waals surface area contributed by atoms with Gasteiger partial charge in [-0.05, 0) is 26.0 Å². The first-order chi connectivity index (χ1) is 9.83. The summed E-state index contributed by atoms with van der Waals surface area (Å²) >= 11 is 0. The van der Waals surface area contributed by atoms with E-state index in [1.165, 1.54) is 0 Å². The maximum atomic E-state index is 5.89. The Morgan fingerprint density at radius 2 is 2.00 bits per heavy atom. The molecule has 114 valence electrons. The van der Waals surface area contributed by atoms with E-state index >= 15 is 0 Å². The smallest absolute Gasteiger partial charge is 0.165 e. The van der Waals surface area contributed by atoms with Crippen molar-refractivity contribution in [3.05, 3.63) is 23.8 Å². The molecular weight excluding hydrogens is 254 g/mol. The van der Waals surface area contributed by atoms with Gasteiger partial charge in [0, 0.05) is 31.7 Å². The lowest BCUT2D eigenvalue weighted by molar-refractivity contribution is 0.130. The Morgan fingerprint density at radius 3 is 2.70 bits per heavy atom. The largest absolute Gasteiger partial charge is 0.493 e. The number of hydrogen-bond donors (Lipinski definition) is 1. The number of para-hydroxylation sites is 1. The molecule has 0 fully saturated rings. The summed E-state index contributed by atoms with van der Waals surface area (Å²) in [5, 5.41) is 3.39. The molecule has 0 aromatic heterocycles. The van der Waals surface area contributed by atoms with Crippen LogP contribution < -0.4 is 14.8 Å². The summed E-state index contributed by atoms with van der Waals surface area (Å²) in [7, 11) is 1.67. The van der Waals surface area contributed by atoms with Crippen molar-refractivity contribution in [2.75, 3.05) is 33.5 Å². The lowest BCUT2D eigenvalue weighted by atomic mass is 10.2. The minimum Gasteiger partial charge on any atom is -0.493 e. The molecule has 0 aliphatic carbocycles. The Balaban J connectivity index is 2.59. The van der Waals surface area contributed by atoms with Crippen molar-refractivity contribution in [3.8, 4) is 11.5 Å². The van der Waals surface area contributed by atoms with E-state index in [0.717, 1.165) is 56.2 Å². The van der Waals surface area contributed by atoms with Crippen molar-refractivity contribution < 1.29 is 14.2 Å². The van der Waals surface area contributed by atoms with Gasteiger partial charge in [0.25, 0.3) is 0 Å². The van der Waals surface area contributed by atoms with Gasteiger partial charge in [-0.1, -0.05) is 19.1 Å². The van der Waals surface area contributed by atoms with Gasteiger partial charge in [-0.3, -0.25) is 0 Å². The first-order valence-electron chi connectivity index (χ1n) is 7.40. The van der Waals surface area contributed by atoms with E-state index < -0.39 is 0 Å². The Bertz CT molecular complexity index is 369. The van der Waals surface area contributed by atoms with Gasteiger partial charge in [0.05, 0.1) is 13.7 Å². The topological polar surface area (TPSA) is 39.7 Å². The van der Waals surface area contributed by atoms with Gasteiger partial charge in [0.2, 0.25) is 0 Å². The highest BCUT2D eigenvalue weighted by Gasteiger charge is 2.10. The molecule has 4 heteroatoms. The van der Waals surface area contributed by atoms with Crippen LogP contribution in [0.2, 0.25) is 0 Å². The van der Waals surface area contributed by atoms with Gasteiger partial charge in [-0.25, -0.2) is 0 Å². The van der Waals surface area contributed by atoms with Crippen LogP contribution in [-0.4, -0.2) is 33.5 Å². The Morgan fingerprint density at radius 1 is 1.15 bits per heavy atom. The third-order valence-corrected chi connectivity index (χ3v) is 2.91. The fourth-order valence-corrected chi connectivity index (χ4v) is 1.90. The van der Waals surface area contributed by atoms with E-state index in [-0.39, 0.29) is 0 Å². The molecule has 0 saturated carbocycles. The summed E-state index contributed by atoms with van der Waals surface area (Å²) in [4.78, 5) is 0. The zero-order valence-corrected chi connectivity index (χ0v) is 12.9. The van der Waals surface area contributed by atoms with Crippen LogP contribution in [-0.2, 0) is 11.3 Å². The second-order valence-corrected chi connectivity index (χ2v) is 4.52. The van der Waals surface area contributed by atoms with Gasteiger partial charge in [0.15, 0.2) is 11.5 Å². The highest BCUT2D eigenvalue weighted by atomic mass is 16.5. The maximum absolute atomic E-state index is 5.89. The second kappa shape index (κ2) is 10.5. The summed E-state index contributed by atoms with van der Waals surface area (Å²) in [6, 6.07) is 6.00. The molecule has 0 atom stereocenters. The zero-order chi connectivity index (χ0) is 14.6. The van der Waals surface area contributed by atoms with Crippen molar-refractivity contribution in [2.45, 2.75) is 33.2 Å². The molecule has 1 aromatic carbocycles. The highest BCUT2D eigenvalue weighted by molar-refractivity contribution is 5.46. The zero-order valence-electron chi connectivity index (χ0n) is 12.9. The lowest BCUT2D eigenvalue weighted by Gasteiger charge is -2.15. The Labute approximate surface area is 122 Å². The normalized spacial score (nSPS) is 10.6. The van der Waals surface area contributed by atoms with E-state index in [2.05, 4.69) is 18.3 Å². The standard InChI is InChI=1S/C16H27NO3/c1-4-10-17-13-14-8-6-9-15(18-3)16(14)20-12-7-11-19-5-2/h6,8-9,17H,4-5,7,10-13H2,1-3H3. The van der Waals surface area contributed by atoms with Crippen LogP contribution >= 0.6 is 0 Å². The molecular formula is C16H27NO3. The van der Waals surface area contributed by atoms with Crippen molar-refractivity contribution in [1.82, 2.24) is 5.32 Å². The van der Waals surface area contributed by atoms with Gasteiger partial charge < -0.3 is 19.5 Å². The summed E-state index contributed by atoms with van der Waals surface area (Å²) < 4.78 is 16.6. The maximum Gasteiger partial charge on any atom is 0.165 e. The molecule has 1 rings (SSSR count). The van der Waals surface area contributed by atoms with Crippen LogP contribution in [0.1, 0.15) is 32.3 Å². The third-order valence-electron chi connectivity index (χ3n) is 2.91. The molecule has 0 heterocycles. The van der Waals surface area contributed by atoms with E-state index in [1.54, 1.807) is 7.11 Å². The first kappa shape index (κ1) is 16.8. The van der Waals surface area contributed by atoms with Gasteiger partial charge in [0.1, 0.15) is 0 Å². The van der Waals surface area contributed by atoms with Crippen LogP contribution in [0.4, 0.5) is 0 Å². The van der Waals surface area contributed by atoms with E-state index in [1.807, 2.05) is 19.1 Å². The SMILES string of the molecule is CCCNCc1cccc(OC)c1OCCCOCC. The van der Waals surface area contributed by atoms with Gasteiger partial charge in [-0.2, -0.15) is 0 Å². The van der Waals surface area contributed by atoms with Crippen LogP contribution in [0.5, 0.6) is 11.5 Å². The molecule has 0 bridgehead atoms. The molecule has 4 nitrogen and oxygen atoms in total. The first-order valence-corrected chi connectivity index (χ1v) is 7.40. The molecule has 0 radical (unpaired) electrons. The average Bonchev–Trinajstić information content (AvgIpc) is 2.48. The van der Waals surface area contributed by atoms with E-state index in [0.29, 0.717) is 6.61 Å². The Kier molecular flexibility index (Phi) is 8.83. The summed E-state index contributed by atoms with van der Waals surface area (Å²) in [5.41, 5.74) is 1.13. The fraction of sp³-hybridized carbons (Fsp3) is 0.625. The van der Waals surface area contributed by atoms with Crippen LogP contribution in [0, 0.1) is 0 Å². The summed E-state index contributed by atoms with van der Waals surface area (Å²) in [5.74, 6) is 1.63. The molecule has 0 spiro atoms. The predicted octanol–water partition coefficient (Wildman–Crippen LogP) is 3.00. The molecule has 0 aliphatic rings. The van der Waals surface area contributed by atoms with Crippen molar-refractivity contribution in [3.63, 3.8) is 0 Å². The molecule has 1 N–H and O–H groups in total. The number of nitrogens with one attached hydrogen (secondary N) is 1. The number of benzene rings is 1. The van der Waals surface area contributed by atoms with Crippen molar-refractivity contribution >= 4 is 0 Å². The summed E-state index contributed by atoms with van der Waals surface area (Å²) in [6.07, 6.45) is 2.00. The molecule has 0 amide bonds. The third kappa shape index (κ3) is 5.80. The molecule has 1 aromatic rings. The minimum atomic E-state index is 0.640. The second-order valence-electron chi connectivity index (χ2n) is 4.52. The molecule has 0 saturated heterocycles. The van der Waals surface area contributed by atoms with E-state index in [4.69, 9.17) is 14.2 Å². The van der Waals surface area contributed by atoms with Crippen molar-refractivity contribution in [1.29, 1.82) is 0 Å². The molecule has 0 unspecified atom stereocenters. The quantitative estimate of drug-likeness (QED) is 0.633. The van der Waals surface area contributed by atoms with Crippen molar-refractivity contribution in [2.24, 2.45) is 0 Å². The molecule has 20 heavy (non-hydrogen) atoms. The number of hydrogen-bond acceptors (Lipinski definition) is 4. The average molecular weight is 281 g/mol. The van der Waals surface area contributed by atoms with Crippen LogP contribution in [0.25, 0.3) is 0 Å². The number of ether oxygens (including phenoxy) is 3. The molecule has 0 aliphatic heterocycles. The Hall–Kier alpha value is -1.26. The fourth-order valence-electron chi connectivity index (χ4n) is 1.90. The van der Waals surface area contributed by atoms with Gasteiger partial charge >= 0.3 is 0 Å². The minimum absolute atomic E-state index is 0.640. The van der Waals surface area contributed by atoms with Crippen LogP contribution in [0.15, 0.2) is 18.2 Å². The van der Waals surface area contributed by atoms with Gasteiger partial charge in [-0.15, -0.1) is 0 Å². The highest BCUT2D eigenvalue weighted by Crippen LogP contribution is 2.31. The monoisotopic (exact) mass is 281 g/mol.